The predicted molar refractivity (Wildman–Crippen MR) is 120 cm³/mol. The Morgan fingerprint density at radius 3 is 2.55 bits per heavy atom. The van der Waals surface area contributed by atoms with Gasteiger partial charge in [-0.15, -0.1) is 0 Å². The van der Waals surface area contributed by atoms with Crippen LogP contribution in [0.2, 0.25) is 10.0 Å². The highest BCUT2D eigenvalue weighted by Gasteiger charge is 2.31. The van der Waals surface area contributed by atoms with Crippen LogP contribution in [0.3, 0.4) is 0 Å². The number of aliphatic hydroxyl groups excluding tert-OH is 1. The van der Waals surface area contributed by atoms with Gasteiger partial charge in [0.25, 0.3) is 0 Å². The van der Waals surface area contributed by atoms with Crippen LogP contribution in [0, 0.1) is 0 Å². The van der Waals surface area contributed by atoms with E-state index in [1.54, 1.807) is 18.2 Å². The van der Waals surface area contributed by atoms with Crippen molar-refractivity contribution < 1.29 is 19.4 Å². The molecule has 1 N–H and O–H groups in total. The van der Waals surface area contributed by atoms with Gasteiger partial charge in [0.05, 0.1) is 35.7 Å². The highest BCUT2D eigenvalue weighted by molar-refractivity contribution is 6.42. The van der Waals surface area contributed by atoms with Gasteiger partial charge < -0.3 is 14.7 Å². The topological polar surface area (TPSA) is 70.1 Å². The molecule has 0 spiro atoms. The number of carbonyl (C=O) groups is 2. The number of halogens is 2. The molecule has 1 saturated heterocycles. The minimum absolute atomic E-state index is 0.0814. The number of β-amino-alcohol motifs (C(OH)–C–C–N with tert-alkyl or cyclic N) is 1. The average molecular weight is 465 g/mol. The molecule has 0 bridgehead atoms. The summed E-state index contributed by atoms with van der Waals surface area (Å²) in [4.78, 5) is 28.9. The second-order valence-corrected chi connectivity index (χ2v) is 8.45. The first-order chi connectivity index (χ1) is 14.9. The minimum atomic E-state index is -0.490. The fraction of sp³-hybridized carbons (Fsp3) is 0.391. The summed E-state index contributed by atoms with van der Waals surface area (Å²) < 4.78 is 4.82. The van der Waals surface area contributed by atoms with Gasteiger partial charge in [0.1, 0.15) is 6.54 Å². The molecule has 0 aromatic heterocycles. The lowest BCUT2D eigenvalue weighted by Crippen LogP contribution is -2.43. The van der Waals surface area contributed by atoms with Crippen molar-refractivity contribution in [2.24, 2.45) is 0 Å². The van der Waals surface area contributed by atoms with Crippen LogP contribution in [0.1, 0.15) is 23.6 Å². The van der Waals surface area contributed by atoms with E-state index in [1.807, 2.05) is 30.3 Å². The van der Waals surface area contributed by atoms with Crippen LogP contribution in [-0.2, 0) is 20.7 Å². The van der Waals surface area contributed by atoms with Gasteiger partial charge >= 0.3 is 5.97 Å². The van der Waals surface area contributed by atoms with Crippen LogP contribution in [0.15, 0.2) is 48.5 Å². The first kappa shape index (κ1) is 23.5. The number of amides is 1. The normalized spacial score (nSPS) is 17.4. The van der Waals surface area contributed by atoms with E-state index in [-0.39, 0.29) is 24.9 Å². The highest BCUT2D eigenvalue weighted by Crippen LogP contribution is 2.27. The molecule has 6 nitrogen and oxygen atoms in total. The lowest BCUT2D eigenvalue weighted by atomic mass is 10.0. The minimum Gasteiger partial charge on any atom is -0.468 e. The van der Waals surface area contributed by atoms with Crippen molar-refractivity contribution >= 4 is 35.1 Å². The zero-order valence-electron chi connectivity index (χ0n) is 17.3. The first-order valence-electron chi connectivity index (χ1n) is 10.1. The molecular weight excluding hydrogens is 439 g/mol. The van der Waals surface area contributed by atoms with Crippen molar-refractivity contribution in [2.75, 3.05) is 33.3 Å². The number of rotatable bonds is 8. The van der Waals surface area contributed by atoms with Gasteiger partial charge in [0.15, 0.2) is 0 Å². The Kier molecular flexibility index (Phi) is 8.32. The Labute approximate surface area is 192 Å². The Morgan fingerprint density at radius 1 is 1.19 bits per heavy atom. The number of carbonyl (C=O) groups excluding carboxylic acids is 2. The first-order valence-corrected chi connectivity index (χ1v) is 10.9. The molecule has 1 amide bonds. The third kappa shape index (κ3) is 6.43. The summed E-state index contributed by atoms with van der Waals surface area (Å²) in [6.07, 6.45) is 0.363. The molecule has 2 aromatic rings. The number of hydrogen-bond donors (Lipinski definition) is 1. The number of aliphatic hydroxyl groups is 1. The van der Waals surface area contributed by atoms with E-state index in [1.165, 1.54) is 12.0 Å². The van der Waals surface area contributed by atoms with Crippen molar-refractivity contribution in [1.82, 2.24) is 9.80 Å². The van der Waals surface area contributed by atoms with E-state index in [4.69, 9.17) is 27.9 Å². The van der Waals surface area contributed by atoms with Gasteiger partial charge in [-0.2, -0.15) is 0 Å². The van der Waals surface area contributed by atoms with Crippen molar-refractivity contribution in [3.05, 3.63) is 69.7 Å². The molecule has 2 atom stereocenters. The molecule has 0 aliphatic carbocycles. The van der Waals surface area contributed by atoms with E-state index in [2.05, 4.69) is 4.90 Å². The van der Waals surface area contributed by atoms with Gasteiger partial charge in [0, 0.05) is 19.6 Å². The van der Waals surface area contributed by atoms with Gasteiger partial charge in [-0.1, -0.05) is 59.6 Å². The van der Waals surface area contributed by atoms with E-state index in [0.717, 1.165) is 5.56 Å². The molecule has 1 aliphatic rings. The Balaban J connectivity index is 1.83. The predicted octanol–water partition coefficient (Wildman–Crippen LogP) is 3.35. The Bertz CT molecular complexity index is 910. The maximum absolute atomic E-state index is 13.2. The van der Waals surface area contributed by atoms with Gasteiger partial charge in [-0.3, -0.25) is 14.5 Å². The summed E-state index contributed by atoms with van der Waals surface area (Å²) in [6, 6.07) is 14.7. The third-order valence-corrected chi connectivity index (χ3v) is 6.19. The largest absolute Gasteiger partial charge is 0.468 e. The van der Waals surface area contributed by atoms with E-state index >= 15 is 0 Å². The summed E-state index contributed by atoms with van der Waals surface area (Å²) in [7, 11) is 1.30. The molecule has 1 heterocycles. The molecule has 0 radical (unpaired) electrons. The average Bonchev–Trinajstić information content (AvgIpc) is 3.19. The van der Waals surface area contributed by atoms with Crippen LogP contribution < -0.4 is 0 Å². The zero-order valence-corrected chi connectivity index (χ0v) is 18.9. The number of methoxy groups -OCH3 is 1. The fourth-order valence-electron chi connectivity index (χ4n) is 3.78. The number of hydrogen-bond acceptors (Lipinski definition) is 5. The summed E-state index contributed by atoms with van der Waals surface area (Å²) >= 11 is 12.1. The van der Waals surface area contributed by atoms with Gasteiger partial charge in [-0.05, 0) is 29.7 Å². The molecule has 0 unspecified atom stereocenters. The maximum Gasteiger partial charge on any atom is 0.325 e. The molecular formula is C23H26Cl2N2O4. The SMILES string of the molecule is COC(=O)CN(C[C@@H](c1ccccc1)N1CC[C@H](O)C1)C(=O)Cc1ccc(Cl)c(Cl)c1. The molecule has 2 aromatic carbocycles. The standard InChI is InChI=1S/C23H26Cl2N2O4/c1-31-23(30)15-27(22(29)12-16-7-8-19(24)20(25)11-16)14-21(17-5-3-2-4-6-17)26-10-9-18(28)13-26/h2-8,11,18,21,28H,9-10,12-15H2,1H3/t18-,21-/m0/s1. The van der Waals surface area contributed by atoms with E-state index in [0.29, 0.717) is 41.7 Å². The molecule has 1 aliphatic heterocycles. The van der Waals surface area contributed by atoms with E-state index in [9.17, 15) is 14.7 Å². The molecule has 31 heavy (non-hydrogen) atoms. The molecule has 166 valence electrons. The van der Waals surface area contributed by atoms with Crippen LogP contribution in [-0.4, -0.2) is 66.2 Å². The highest BCUT2D eigenvalue weighted by atomic mass is 35.5. The number of nitrogens with zero attached hydrogens (tertiary/aromatic N) is 2. The van der Waals surface area contributed by atoms with Crippen molar-refractivity contribution in [1.29, 1.82) is 0 Å². The summed E-state index contributed by atoms with van der Waals surface area (Å²) in [5, 5.41) is 10.8. The molecule has 3 rings (SSSR count). The number of ether oxygens (including phenoxy) is 1. The maximum atomic E-state index is 13.2. The van der Waals surface area contributed by atoms with Crippen molar-refractivity contribution in [3.8, 4) is 0 Å². The van der Waals surface area contributed by atoms with Crippen LogP contribution in [0.25, 0.3) is 0 Å². The lowest BCUT2D eigenvalue weighted by Gasteiger charge is -2.33. The van der Waals surface area contributed by atoms with Crippen LogP contribution in [0.5, 0.6) is 0 Å². The van der Waals surface area contributed by atoms with Gasteiger partial charge in [-0.25, -0.2) is 0 Å². The monoisotopic (exact) mass is 464 g/mol. The quantitative estimate of drug-likeness (QED) is 0.606. The number of esters is 1. The van der Waals surface area contributed by atoms with Crippen LogP contribution in [0.4, 0.5) is 0 Å². The molecule has 0 saturated carbocycles. The second kappa shape index (κ2) is 11.0. The zero-order chi connectivity index (χ0) is 22.4. The Morgan fingerprint density at radius 2 is 1.94 bits per heavy atom. The fourth-order valence-corrected chi connectivity index (χ4v) is 4.10. The molecule has 1 fully saturated rings. The lowest BCUT2D eigenvalue weighted by molar-refractivity contribution is -0.147. The van der Waals surface area contributed by atoms with Crippen molar-refractivity contribution in [2.45, 2.75) is 25.0 Å². The molecule has 8 heteroatoms. The second-order valence-electron chi connectivity index (χ2n) is 7.64. The summed E-state index contributed by atoms with van der Waals surface area (Å²) in [5.41, 5.74) is 1.73. The Hall–Kier alpha value is -2.12. The summed E-state index contributed by atoms with van der Waals surface area (Å²) in [6.45, 7) is 1.38. The summed E-state index contributed by atoms with van der Waals surface area (Å²) in [5.74, 6) is -0.708. The number of benzene rings is 2. The smallest absolute Gasteiger partial charge is 0.325 e. The van der Waals surface area contributed by atoms with E-state index < -0.39 is 12.1 Å². The number of likely N-dealkylation sites (tertiary alicyclic amines) is 1. The van der Waals surface area contributed by atoms with Crippen LogP contribution >= 0.6 is 23.2 Å². The third-order valence-electron chi connectivity index (χ3n) is 5.45. The van der Waals surface area contributed by atoms with Crippen molar-refractivity contribution in [3.63, 3.8) is 0 Å². The van der Waals surface area contributed by atoms with Gasteiger partial charge in [0.2, 0.25) is 5.91 Å².